The number of alkyl carbamates (subject to hydrolysis) is 3. The number of rotatable bonds is 41. The number of aromatic carboxylic acids is 1. The van der Waals surface area contributed by atoms with Gasteiger partial charge in [-0.15, -0.1) is 0 Å². The van der Waals surface area contributed by atoms with Crippen molar-refractivity contribution in [3.8, 4) is 0 Å². The van der Waals surface area contributed by atoms with E-state index in [1.807, 2.05) is 112 Å². The van der Waals surface area contributed by atoms with Gasteiger partial charge in [-0.05, 0) is 175 Å². The predicted octanol–water partition coefficient (Wildman–Crippen LogP) is 10.3. The average Bonchev–Trinajstić information content (AvgIpc) is 1.81. The van der Waals surface area contributed by atoms with E-state index in [1.54, 1.807) is 136 Å². The maximum Gasteiger partial charge on any atom is 0.407 e. The number of nitro groups is 1. The fourth-order valence-corrected chi connectivity index (χ4v) is 12.5. The first-order chi connectivity index (χ1) is 67.5. The van der Waals surface area contributed by atoms with Gasteiger partial charge in [0.05, 0.1) is 61.4 Å². The summed E-state index contributed by atoms with van der Waals surface area (Å²) in [6, 6.07) is 18.2. The standard InChI is InChI=1S/C21H23N5O3.C19H27N5O4.C19H19N5O3.C14H19N5O2.C11H18N4O4.C11H20N4O2/c1-2-29-21(28)19-18(13-22-15-24-19)11-16-12-25-26(14-16)10-6-9-23-20(27)17-7-4-3-5-8-17;1-5-27-17(25)16-15(11-20-13-22-16)9-14-10-23-24(12-14)8-6-7-21-18(26)28-19(2,3)4;25-18(15-5-2-1-3-6-15)21-7-4-8-24-12-14(10-23-24)9-16-11-20-13-22-17(16)19(26)27;1-2-21-14(20)13-12(8-16-10-17-13)6-11-7-18-19(9-11)5-3-4-15;1-11(2,3)19-10(16)12-5-4-6-14-8-9(7-13-14)15(17)18;1-11(2,3)17-10(16)13-5-4-6-15-8-9(12)7-14-15/h3-5,7-8,12-15H,2,6,9-11H2,1H3,(H,23,27);10-13H,5-9H2,1-4H3,(H,21,26);1-3,5-6,10-13H,4,7-9H2,(H,21,25)(H,26,27);7-10H,2-6,15H2,1H3;7-8H,4-6H2,1-3H3,(H,12,16);7-8H,4-6,12H2,1-3H3,(H,13,16). The first-order valence-corrected chi connectivity index (χ1v) is 45.6. The number of carboxylic acids is 1. The van der Waals surface area contributed by atoms with Gasteiger partial charge in [-0.25, -0.2) is 73.4 Å². The van der Waals surface area contributed by atoms with Crippen molar-refractivity contribution in [2.45, 2.75) is 203 Å². The topological polar surface area (TPSA) is 595 Å². The molecule has 12 aromatic rings. The number of amides is 5. The average molecular weight is 1950 g/mol. The molecule has 0 aliphatic carbocycles. The first kappa shape index (κ1) is 112. The van der Waals surface area contributed by atoms with Crippen LogP contribution in [0.15, 0.2) is 185 Å². The van der Waals surface area contributed by atoms with Crippen LogP contribution in [0.3, 0.4) is 0 Å². The largest absolute Gasteiger partial charge is 0.477 e. The molecule has 0 saturated carbocycles. The Hall–Kier alpha value is -16.2. The zero-order valence-corrected chi connectivity index (χ0v) is 81.4. The molecule has 10 heterocycles. The van der Waals surface area contributed by atoms with Gasteiger partial charge in [0.15, 0.2) is 22.8 Å². The Morgan fingerprint density at radius 1 is 0.376 bits per heavy atom. The molecule has 0 spiro atoms. The van der Waals surface area contributed by atoms with E-state index in [1.165, 1.54) is 48.6 Å². The Morgan fingerprint density at radius 2 is 0.652 bits per heavy atom. The number of ether oxygens (including phenoxy) is 6. The summed E-state index contributed by atoms with van der Waals surface area (Å²) in [5, 5.41) is 58.5. The highest BCUT2D eigenvalue weighted by Crippen LogP contribution is 2.20. The smallest absolute Gasteiger partial charge is 0.407 e. The van der Waals surface area contributed by atoms with E-state index in [4.69, 9.17) is 39.9 Å². The molecule has 0 fully saturated rings. The van der Waals surface area contributed by atoms with Crippen molar-refractivity contribution in [2.24, 2.45) is 5.73 Å². The summed E-state index contributed by atoms with van der Waals surface area (Å²) in [6.45, 7) is 29.6. The first-order valence-electron chi connectivity index (χ1n) is 45.6. The number of nitrogens with one attached hydrogen (secondary N) is 5. The minimum atomic E-state index is -1.08. The van der Waals surface area contributed by atoms with Gasteiger partial charge in [0.25, 0.3) is 11.8 Å². The van der Waals surface area contributed by atoms with Gasteiger partial charge in [0.1, 0.15) is 54.5 Å². The molecule has 754 valence electrons. The molecule has 0 radical (unpaired) electrons. The van der Waals surface area contributed by atoms with Crippen LogP contribution in [0.4, 0.5) is 25.8 Å². The number of aryl methyl sites for hydroxylation is 6. The maximum atomic E-state index is 12.0. The van der Waals surface area contributed by atoms with Gasteiger partial charge < -0.3 is 71.6 Å². The fourth-order valence-electron chi connectivity index (χ4n) is 12.5. The molecular weight excluding hydrogens is 1820 g/mol. The van der Waals surface area contributed by atoms with Crippen molar-refractivity contribution in [3.63, 3.8) is 0 Å². The zero-order chi connectivity index (χ0) is 103. The molecule has 141 heavy (non-hydrogen) atoms. The van der Waals surface area contributed by atoms with Crippen LogP contribution in [0, 0.1) is 10.1 Å². The van der Waals surface area contributed by atoms with Gasteiger partial charge in [-0.3, -0.25) is 47.8 Å². The number of anilines is 1. The van der Waals surface area contributed by atoms with Crippen LogP contribution in [0.25, 0.3) is 0 Å². The molecule has 0 atom stereocenters. The van der Waals surface area contributed by atoms with Crippen molar-refractivity contribution < 1.29 is 81.6 Å². The number of nitrogens with zero attached hydrogens (tertiary/aromatic N) is 21. The highest BCUT2D eigenvalue weighted by atomic mass is 16.6. The molecule has 10 N–H and O–H groups in total. The summed E-state index contributed by atoms with van der Waals surface area (Å²) >= 11 is 0. The Kier molecular flexibility index (Phi) is 46.8. The number of hydrogen-bond acceptors (Lipinski definition) is 33. The lowest BCUT2D eigenvalue weighted by Gasteiger charge is -2.19. The number of nitrogen functional groups attached to an aromatic ring is 1. The highest BCUT2D eigenvalue weighted by molar-refractivity contribution is 5.95. The van der Waals surface area contributed by atoms with Gasteiger partial charge >= 0.3 is 47.8 Å². The number of benzene rings is 2. The van der Waals surface area contributed by atoms with E-state index in [9.17, 15) is 58.4 Å². The Bertz CT molecular complexity index is 5880. The minimum absolute atomic E-state index is 0.00127. The van der Waals surface area contributed by atoms with Crippen LogP contribution in [0.1, 0.15) is 229 Å². The molecule has 0 saturated heterocycles. The number of esters is 3. The third-order valence-corrected chi connectivity index (χ3v) is 18.6. The molecular formula is C95H126N28O18. The summed E-state index contributed by atoms with van der Waals surface area (Å²) in [4.78, 5) is 147. The highest BCUT2D eigenvalue weighted by Gasteiger charge is 2.23. The van der Waals surface area contributed by atoms with Crippen LogP contribution in [-0.2, 0) is 93.4 Å². The van der Waals surface area contributed by atoms with E-state index < -0.39 is 63.9 Å². The number of carboxylic acid groups (broad SMARTS) is 1. The quantitative estimate of drug-likeness (QED) is 0.00580. The van der Waals surface area contributed by atoms with Gasteiger partial charge in [0.2, 0.25) is 0 Å². The lowest BCUT2D eigenvalue weighted by Crippen LogP contribution is -2.33. The van der Waals surface area contributed by atoms with Crippen molar-refractivity contribution in [3.05, 3.63) is 274 Å². The second kappa shape index (κ2) is 59.1. The van der Waals surface area contributed by atoms with Crippen LogP contribution >= 0.6 is 0 Å². The van der Waals surface area contributed by atoms with Crippen molar-refractivity contribution in [1.82, 2.24) is 125 Å². The van der Waals surface area contributed by atoms with Crippen LogP contribution in [0.5, 0.6) is 0 Å². The van der Waals surface area contributed by atoms with Crippen LogP contribution in [0.2, 0.25) is 0 Å². The summed E-state index contributed by atoms with van der Waals surface area (Å²) in [5.41, 5.74) is 18.7. The summed E-state index contributed by atoms with van der Waals surface area (Å²) in [6.07, 6.45) is 37.2. The summed E-state index contributed by atoms with van der Waals surface area (Å²) < 4.78 is 40.9. The molecule has 0 aliphatic rings. The van der Waals surface area contributed by atoms with E-state index in [2.05, 4.69) is 97.0 Å². The van der Waals surface area contributed by atoms with E-state index in [0.717, 1.165) is 60.0 Å². The third-order valence-electron chi connectivity index (χ3n) is 18.6. The zero-order valence-electron chi connectivity index (χ0n) is 81.4. The Morgan fingerprint density at radius 3 is 0.929 bits per heavy atom. The van der Waals surface area contributed by atoms with Gasteiger partial charge in [-0.2, -0.15) is 30.6 Å². The summed E-state index contributed by atoms with van der Waals surface area (Å²) in [7, 11) is 0. The van der Waals surface area contributed by atoms with Crippen molar-refractivity contribution in [1.29, 1.82) is 0 Å². The number of carbonyl (C=O) groups is 9. The maximum absolute atomic E-state index is 12.0. The molecule has 0 bridgehead atoms. The number of carbonyl (C=O) groups excluding carboxylic acids is 8. The second-order valence-corrected chi connectivity index (χ2v) is 33.9. The monoisotopic (exact) mass is 1950 g/mol. The fraction of sp³-hybridized carbons (Fsp3) is 0.421. The Labute approximate surface area is 815 Å². The number of nitrogens with two attached hydrogens (primary N) is 2. The van der Waals surface area contributed by atoms with Crippen molar-refractivity contribution in [2.75, 3.05) is 64.8 Å². The van der Waals surface area contributed by atoms with Crippen LogP contribution < -0.4 is 38.1 Å². The molecule has 46 heteroatoms. The SMILES string of the molecule is CC(C)(C)OC(=O)NCCCn1cc(N)cn1.CC(C)(C)OC(=O)NCCCn1cc([N+](=O)[O-])cn1.CCOC(=O)c1ncncc1Cc1cnn(CCCN)c1.CCOC(=O)c1ncncc1Cc1cnn(CCCNC(=O)OC(C)(C)C)c1.CCOC(=O)c1ncncc1Cc1cnn(CCCNC(=O)c2ccccc2)c1.O=C(NCCCn1cc(Cc2cncnc2C(=O)O)cn1)c1ccccc1. The van der Waals surface area contributed by atoms with Crippen LogP contribution in [-0.4, -0.2) is 238 Å². The van der Waals surface area contributed by atoms with E-state index in [0.29, 0.717) is 163 Å². The normalized spacial score (nSPS) is 10.8. The lowest BCUT2D eigenvalue weighted by molar-refractivity contribution is -0.385. The second-order valence-electron chi connectivity index (χ2n) is 33.9. The molecule has 0 unspecified atom stereocenters. The van der Waals surface area contributed by atoms with Gasteiger partial charge in [0, 0.05) is 187 Å². The van der Waals surface area contributed by atoms with Gasteiger partial charge in [-0.1, -0.05) is 36.4 Å². The Balaban J connectivity index is 0.000000232. The predicted molar refractivity (Wildman–Crippen MR) is 516 cm³/mol. The molecule has 10 aromatic heterocycles. The molecule has 2 aromatic carbocycles. The van der Waals surface area contributed by atoms with E-state index in [-0.39, 0.29) is 41.2 Å². The molecule has 5 amide bonds. The molecule has 0 aliphatic heterocycles. The number of aromatic nitrogens is 20. The van der Waals surface area contributed by atoms with E-state index >= 15 is 0 Å². The lowest BCUT2D eigenvalue weighted by atomic mass is 10.1. The minimum Gasteiger partial charge on any atom is -0.477 e. The number of hydrogen-bond donors (Lipinski definition) is 8. The third kappa shape index (κ3) is 43.8. The molecule has 46 nitrogen and oxygen atoms in total. The van der Waals surface area contributed by atoms with Crippen molar-refractivity contribution >= 4 is 65.3 Å². The molecule has 12 rings (SSSR count). The summed E-state index contributed by atoms with van der Waals surface area (Å²) in [5.74, 6) is -2.59.